The van der Waals surface area contributed by atoms with Crippen LogP contribution in [0, 0.1) is 5.92 Å². The van der Waals surface area contributed by atoms with Gasteiger partial charge in [-0.1, -0.05) is 63.6 Å². The molecule has 29 heavy (non-hydrogen) atoms. The Labute approximate surface area is 175 Å². The van der Waals surface area contributed by atoms with Crippen molar-refractivity contribution in [2.75, 3.05) is 5.32 Å². The molecule has 0 heterocycles. The zero-order valence-electron chi connectivity index (χ0n) is 18.4. The van der Waals surface area contributed by atoms with Crippen molar-refractivity contribution in [3.8, 4) is 0 Å². The SMILES string of the molecule is CCCc1ccccc1NC(OC(C)(C)C)(C(=O)O)C(=O)CCC1CCCCC1. The summed E-state index contributed by atoms with van der Waals surface area (Å²) < 4.78 is 5.97. The second kappa shape index (κ2) is 10.2. The number of rotatable bonds is 10. The van der Waals surface area contributed by atoms with Gasteiger partial charge in [-0.05, 0) is 51.2 Å². The van der Waals surface area contributed by atoms with E-state index in [1.807, 2.05) is 24.3 Å². The van der Waals surface area contributed by atoms with Gasteiger partial charge >= 0.3 is 5.97 Å². The van der Waals surface area contributed by atoms with E-state index < -0.39 is 23.1 Å². The number of carbonyl (C=O) groups is 2. The molecule has 1 aliphatic carbocycles. The summed E-state index contributed by atoms with van der Waals surface area (Å²) in [5.41, 5.74) is -1.26. The second-order valence-electron chi connectivity index (χ2n) is 9.20. The zero-order valence-corrected chi connectivity index (χ0v) is 18.4. The number of benzene rings is 1. The molecule has 0 amide bonds. The Hall–Kier alpha value is -1.88. The van der Waals surface area contributed by atoms with Crippen LogP contribution in [0.25, 0.3) is 0 Å². The van der Waals surface area contributed by atoms with E-state index in [2.05, 4.69) is 12.2 Å². The highest BCUT2D eigenvalue weighted by molar-refractivity contribution is 6.09. The number of hydrogen-bond acceptors (Lipinski definition) is 4. The van der Waals surface area contributed by atoms with Gasteiger partial charge in [0, 0.05) is 12.1 Å². The number of anilines is 1. The molecule has 5 nitrogen and oxygen atoms in total. The van der Waals surface area contributed by atoms with E-state index in [4.69, 9.17) is 4.74 Å². The topological polar surface area (TPSA) is 75.6 Å². The molecule has 1 atom stereocenters. The van der Waals surface area contributed by atoms with Gasteiger partial charge in [-0.15, -0.1) is 0 Å². The molecule has 2 N–H and O–H groups in total. The Morgan fingerprint density at radius 1 is 1.14 bits per heavy atom. The van der Waals surface area contributed by atoms with Crippen LogP contribution in [0.5, 0.6) is 0 Å². The monoisotopic (exact) mass is 403 g/mol. The van der Waals surface area contributed by atoms with Crippen LogP contribution in [0.2, 0.25) is 0 Å². The molecule has 0 aliphatic heterocycles. The highest BCUT2D eigenvalue weighted by Gasteiger charge is 2.50. The minimum atomic E-state index is -2.09. The standard InChI is InChI=1S/C24H37NO4/c1-5-11-19-14-9-10-15-20(19)25-24(22(27)28,29-23(2,3)4)21(26)17-16-18-12-7-6-8-13-18/h9-10,14-15,18,25H,5-8,11-13,16-17H2,1-4H3,(H,27,28). The molecule has 5 heteroatoms. The average molecular weight is 404 g/mol. The first-order chi connectivity index (χ1) is 13.7. The molecule has 1 unspecified atom stereocenters. The Morgan fingerprint density at radius 3 is 2.38 bits per heavy atom. The molecular formula is C24H37NO4. The fourth-order valence-electron chi connectivity index (χ4n) is 4.13. The smallest absolute Gasteiger partial charge is 0.365 e. The van der Waals surface area contributed by atoms with Crippen LogP contribution in [0.4, 0.5) is 5.69 Å². The van der Waals surface area contributed by atoms with Crippen molar-refractivity contribution in [2.24, 2.45) is 5.92 Å². The third-order valence-corrected chi connectivity index (χ3v) is 5.50. The first-order valence-electron chi connectivity index (χ1n) is 11.0. The van der Waals surface area contributed by atoms with E-state index in [1.54, 1.807) is 20.8 Å². The maximum atomic E-state index is 13.3. The zero-order chi connectivity index (χ0) is 21.5. The summed E-state index contributed by atoms with van der Waals surface area (Å²) in [5, 5.41) is 13.2. The molecule has 1 aliphatic rings. The molecule has 0 aromatic heterocycles. The van der Waals surface area contributed by atoms with Gasteiger partial charge in [0.1, 0.15) is 0 Å². The van der Waals surface area contributed by atoms with Gasteiger partial charge in [-0.25, -0.2) is 4.79 Å². The van der Waals surface area contributed by atoms with E-state index in [-0.39, 0.29) is 6.42 Å². The normalized spacial score (nSPS) is 17.5. The highest BCUT2D eigenvalue weighted by Crippen LogP contribution is 2.32. The number of hydrogen-bond donors (Lipinski definition) is 2. The van der Waals surface area contributed by atoms with Gasteiger partial charge in [0.2, 0.25) is 0 Å². The number of carboxylic acid groups (broad SMARTS) is 1. The van der Waals surface area contributed by atoms with Crippen molar-refractivity contribution in [3.05, 3.63) is 29.8 Å². The number of carboxylic acids is 1. The molecule has 0 bridgehead atoms. The number of ether oxygens (including phenoxy) is 1. The predicted molar refractivity (Wildman–Crippen MR) is 116 cm³/mol. The number of para-hydroxylation sites is 1. The van der Waals surface area contributed by atoms with Crippen LogP contribution in [0.15, 0.2) is 24.3 Å². The molecule has 2 rings (SSSR count). The number of ketones is 1. The maximum Gasteiger partial charge on any atom is 0.365 e. The van der Waals surface area contributed by atoms with Gasteiger partial charge in [0.25, 0.3) is 5.72 Å². The molecule has 162 valence electrons. The molecule has 0 saturated heterocycles. The Balaban J connectivity index is 2.31. The Kier molecular flexibility index (Phi) is 8.26. The van der Waals surface area contributed by atoms with E-state index >= 15 is 0 Å². The lowest BCUT2D eigenvalue weighted by Crippen LogP contribution is -2.58. The summed E-state index contributed by atoms with van der Waals surface area (Å²) in [5.74, 6) is -1.19. The van der Waals surface area contributed by atoms with E-state index in [1.165, 1.54) is 19.3 Å². The molecule has 1 aromatic rings. The maximum absolute atomic E-state index is 13.3. The molecule has 1 aromatic carbocycles. The highest BCUT2D eigenvalue weighted by atomic mass is 16.6. The molecular weight excluding hydrogens is 366 g/mol. The van der Waals surface area contributed by atoms with Gasteiger partial charge in [0.05, 0.1) is 5.60 Å². The van der Waals surface area contributed by atoms with Crippen molar-refractivity contribution < 1.29 is 19.4 Å². The van der Waals surface area contributed by atoms with Crippen LogP contribution in [-0.2, 0) is 20.7 Å². The number of aliphatic carboxylic acids is 1. The summed E-state index contributed by atoms with van der Waals surface area (Å²) in [6.45, 7) is 7.40. The third-order valence-electron chi connectivity index (χ3n) is 5.50. The van der Waals surface area contributed by atoms with Gasteiger partial charge in [-0.3, -0.25) is 4.79 Å². The Morgan fingerprint density at radius 2 is 1.79 bits per heavy atom. The summed E-state index contributed by atoms with van der Waals surface area (Å²) >= 11 is 0. The van der Waals surface area contributed by atoms with Crippen molar-refractivity contribution >= 4 is 17.4 Å². The van der Waals surface area contributed by atoms with Crippen LogP contribution < -0.4 is 5.32 Å². The first-order valence-corrected chi connectivity index (χ1v) is 11.0. The lowest BCUT2D eigenvalue weighted by molar-refractivity contribution is -0.183. The number of carbonyl (C=O) groups excluding carboxylic acids is 1. The second-order valence-corrected chi connectivity index (χ2v) is 9.20. The van der Waals surface area contributed by atoms with E-state index in [0.29, 0.717) is 11.6 Å². The largest absolute Gasteiger partial charge is 0.477 e. The summed E-state index contributed by atoms with van der Waals surface area (Å²) in [7, 11) is 0. The quantitative estimate of drug-likeness (QED) is 0.394. The van der Waals surface area contributed by atoms with Crippen LogP contribution in [0.1, 0.15) is 84.6 Å². The van der Waals surface area contributed by atoms with Crippen LogP contribution in [-0.4, -0.2) is 28.2 Å². The lowest BCUT2D eigenvalue weighted by atomic mass is 9.84. The molecule has 1 fully saturated rings. The average Bonchev–Trinajstić information content (AvgIpc) is 2.66. The summed E-state index contributed by atoms with van der Waals surface area (Å²) in [6.07, 6.45) is 8.55. The minimum Gasteiger partial charge on any atom is -0.477 e. The Bertz CT molecular complexity index is 688. The summed E-state index contributed by atoms with van der Waals surface area (Å²) in [6, 6.07) is 7.55. The predicted octanol–water partition coefficient (Wildman–Crippen LogP) is 5.58. The van der Waals surface area contributed by atoms with E-state index in [9.17, 15) is 14.7 Å². The van der Waals surface area contributed by atoms with Crippen LogP contribution in [0.3, 0.4) is 0 Å². The van der Waals surface area contributed by atoms with Gasteiger partial charge in [0.15, 0.2) is 5.78 Å². The number of aryl methyl sites for hydroxylation is 1. The number of nitrogens with one attached hydrogen (secondary N) is 1. The van der Waals surface area contributed by atoms with Gasteiger partial charge in [-0.2, -0.15) is 0 Å². The third kappa shape index (κ3) is 6.56. The van der Waals surface area contributed by atoms with Crippen molar-refractivity contribution in [1.29, 1.82) is 0 Å². The first kappa shape index (κ1) is 23.4. The molecule has 0 radical (unpaired) electrons. The number of Topliss-reactive ketones (excluding diaryl/α,β-unsaturated/α-hetero) is 1. The summed E-state index contributed by atoms with van der Waals surface area (Å²) in [4.78, 5) is 25.8. The lowest BCUT2D eigenvalue weighted by Gasteiger charge is -2.37. The minimum absolute atomic E-state index is 0.204. The van der Waals surface area contributed by atoms with Crippen LogP contribution >= 0.6 is 0 Å². The fraction of sp³-hybridized carbons (Fsp3) is 0.667. The van der Waals surface area contributed by atoms with Gasteiger partial charge < -0.3 is 15.2 Å². The van der Waals surface area contributed by atoms with Crippen molar-refractivity contribution in [3.63, 3.8) is 0 Å². The molecule has 0 spiro atoms. The van der Waals surface area contributed by atoms with E-state index in [0.717, 1.165) is 37.7 Å². The van der Waals surface area contributed by atoms with Crippen molar-refractivity contribution in [2.45, 2.75) is 96.8 Å². The van der Waals surface area contributed by atoms with Crippen molar-refractivity contribution in [1.82, 2.24) is 0 Å². The molecule has 1 saturated carbocycles. The fourth-order valence-corrected chi connectivity index (χ4v) is 4.13.